The van der Waals surface area contributed by atoms with Crippen LogP contribution in [-0.2, 0) is 5.41 Å². The standard InChI is InChI=1S/C28H28N2O/c1-19-10-16-23(18-20(19)2)30-26(29-25-9-7-6-8-24(25)27(30)31)17-13-21-11-14-22(15-12-21)28(3,4)5/h6-18H,1-5H3/b17-13+. The molecule has 0 aliphatic carbocycles. The third-order valence-corrected chi connectivity index (χ3v) is 5.75. The van der Waals surface area contributed by atoms with E-state index in [2.05, 4.69) is 58.9 Å². The van der Waals surface area contributed by atoms with Crippen LogP contribution in [0.3, 0.4) is 0 Å². The summed E-state index contributed by atoms with van der Waals surface area (Å²) >= 11 is 0. The second-order valence-electron chi connectivity index (χ2n) is 9.10. The lowest BCUT2D eigenvalue weighted by Crippen LogP contribution is -2.22. The Bertz CT molecular complexity index is 1340. The molecule has 0 atom stereocenters. The molecule has 31 heavy (non-hydrogen) atoms. The van der Waals surface area contributed by atoms with Crippen LogP contribution in [0, 0.1) is 13.8 Å². The van der Waals surface area contributed by atoms with Gasteiger partial charge in [0.25, 0.3) is 5.56 Å². The molecule has 4 rings (SSSR count). The number of rotatable bonds is 3. The first kappa shape index (κ1) is 20.8. The molecule has 3 nitrogen and oxygen atoms in total. The summed E-state index contributed by atoms with van der Waals surface area (Å²) in [6, 6.07) is 22.1. The number of aryl methyl sites for hydroxylation is 2. The lowest BCUT2D eigenvalue weighted by molar-refractivity contribution is 0.590. The molecule has 0 radical (unpaired) electrons. The van der Waals surface area contributed by atoms with Gasteiger partial charge in [-0.1, -0.05) is 69.3 Å². The quantitative estimate of drug-likeness (QED) is 0.389. The maximum Gasteiger partial charge on any atom is 0.266 e. The van der Waals surface area contributed by atoms with Crippen LogP contribution in [0.15, 0.2) is 71.5 Å². The SMILES string of the molecule is Cc1ccc(-n2c(/C=C/c3ccc(C(C)(C)C)cc3)nc3ccccc3c2=O)cc1C. The van der Waals surface area contributed by atoms with Gasteiger partial charge in [0.2, 0.25) is 0 Å². The lowest BCUT2D eigenvalue weighted by Gasteiger charge is -2.18. The number of hydrogen-bond acceptors (Lipinski definition) is 2. The van der Waals surface area contributed by atoms with Gasteiger partial charge in [-0.2, -0.15) is 0 Å². The molecule has 0 N–H and O–H groups in total. The van der Waals surface area contributed by atoms with Crippen LogP contribution in [0.1, 0.15) is 48.8 Å². The van der Waals surface area contributed by atoms with E-state index in [1.54, 1.807) is 4.57 Å². The summed E-state index contributed by atoms with van der Waals surface area (Å²) < 4.78 is 1.70. The molecule has 0 saturated heterocycles. The van der Waals surface area contributed by atoms with Crippen LogP contribution in [0.4, 0.5) is 0 Å². The fourth-order valence-electron chi connectivity index (χ4n) is 3.64. The van der Waals surface area contributed by atoms with E-state index in [1.807, 2.05) is 54.6 Å². The molecule has 1 aromatic heterocycles. The van der Waals surface area contributed by atoms with Crippen molar-refractivity contribution in [3.05, 3.63) is 105 Å². The first-order chi connectivity index (χ1) is 14.7. The predicted octanol–water partition coefficient (Wildman–Crippen LogP) is 6.47. The second kappa shape index (κ2) is 7.99. The van der Waals surface area contributed by atoms with E-state index in [1.165, 1.54) is 11.1 Å². The molecule has 1 heterocycles. The summed E-state index contributed by atoms with van der Waals surface area (Å²) in [4.78, 5) is 18.2. The Labute approximate surface area is 183 Å². The van der Waals surface area contributed by atoms with E-state index in [-0.39, 0.29) is 11.0 Å². The van der Waals surface area contributed by atoms with Crippen LogP contribution in [0.25, 0.3) is 28.7 Å². The number of para-hydroxylation sites is 1. The highest BCUT2D eigenvalue weighted by Crippen LogP contribution is 2.23. The highest BCUT2D eigenvalue weighted by Gasteiger charge is 2.13. The van der Waals surface area contributed by atoms with Gasteiger partial charge in [0, 0.05) is 0 Å². The van der Waals surface area contributed by atoms with Gasteiger partial charge < -0.3 is 0 Å². The molecular formula is C28H28N2O. The topological polar surface area (TPSA) is 34.9 Å². The molecule has 0 bridgehead atoms. The lowest BCUT2D eigenvalue weighted by atomic mass is 9.87. The van der Waals surface area contributed by atoms with Gasteiger partial charge >= 0.3 is 0 Å². The van der Waals surface area contributed by atoms with Crippen molar-refractivity contribution in [2.75, 3.05) is 0 Å². The van der Waals surface area contributed by atoms with Crippen LogP contribution in [0.5, 0.6) is 0 Å². The van der Waals surface area contributed by atoms with Crippen molar-refractivity contribution in [1.29, 1.82) is 0 Å². The van der Waals surface area contributed by atoms with Gasteiger partial charge in [-0.15, -0.1) is 0 Å². The van der Waals surface area contributed by atoms with Gasteiger partial charge in [-0.05, 0) is 71.9 Å². The van der Waals surface area contributed by atoms with Gasteiger partial charge in [0.1, 0.15) is 5.82 Å². The van der Waals surface area contributed by atoms with Crippen LogP contribution < -0.4 is 5.56 Å². The third kappa shape index (κ3) is 4.22. The summed E-state index contributed by atoms with van der Waals surface area (Å²) in [5, 5.41) is 0.618. The summed E-state index contributed by atoms with van der Waals surface area (Å²) in [7, 11) is 0. The van der Waals surface area contributed by atoms with E-state index in [9.17, 15) is 4.79 Å². The Kier molecular flexibility index (Phi) is 5.36. The normalized spacial score (nSPS) is 12.0. The fraction of sp³-hybridized carbons (Fsp3) is 0.214. The van der Waals surface area contributed by atoms with Crippen LogP contribution >= 0.6 is 0 Å². The average molecular weight is 409 g/mol. The molecular weight excluding hydrogens is 380 g/mol. The molecule has 3 aromatic carbocycles. The molecule has 3 heteroatoms. The Morgan fingerprint density at radius 1 is 0.839 bits per heavy atom. The fourth-order valence-corrected chi connectivity index (χ4v) is 3.64. The highest BCUT2D eigenvalue weighted by molar-refractivity contribution is 5.80. The first-order valence-electron chi connectivity index (χ1n) is 10.6. The minimum atomic E-state index is -0.0587. The van der Waals surface area contributed by atoms with Crippen molar-refractivity contribution in [3.63, 3.8) is 0 Å². The maximum absolute atomic E-state index is 13.4. The van der Waals surface area contributed by atoms with Crippen molar-refractivity contribution < 1.29 is 0 Å². The Hall–Kier alpha value is -3.46. The van der Waals surface area contributed by atoms with E-state index < -0.39 is 0 Å². The largest absolute Gasteiger partial charge is 0.268 e. The van der Waals surface area contributed by atoms with Crippen molar-refractivity contribution >= 4 is 23.1 Å². The van der Waals surface area contributed by atoms with E-state index >= 15 is 0 Å². The Morgan fingerprint density at radius 3 is 2.23 bits per heavy atom. The third-order valence-electron chi connectivity index (χ3n) is 5.75. The summed E-state index contributed by atoms with van der Waals surface area (Å²) in [6.45, 7) is 10.8. The van der Waals surface area contributed by atoms with Crippen molar-refractivity contribution in [3.8, 4) is 5.69 Å². The maximum atomic E-state index is 13.4. The second-order valence-corrected chi connectivity index (χ2v) is 9.10. The number of nitrogens with zero attached hydrogens (tertiary/aromatic N) is 2. The summed E-state index contributed by atoms with van der Waals surface area (Å²) in [6.07, 6.45) is 3.94. The van der Waals surface area contributed by atoms with Gasteiger partial charge in [-0.25, -0.2) is 4.98 Å². The molecule has 0 aliphatic rings. The number of fused-ring (bicyclic) bond motifs is 1. The molecule has 0 unspecified atom stereocenters. The zero-order valence-corrected chi connectivity index (χ0v) is 18.8. The van der Waals surface area contributed by atoms with Crippen molar-refractivity contribution in [1.82, 2.24) is 9.55 Å². The minimum absolute atomic E-state index is 0.0587. The molecule has 0 fully saturated rings. The van der Waals surface area contributed by atoms with Crippen LogP contribution in [0.2, 0.25) is 0 Å². The number of benzene rings is 3. The molecule has 0 saturated carbocycles. The molecule has 156 valence electrons. The summed E-state index contributed by atoms with van der Waals surface area (Å²) in [5.74, 6) is 0.617. The Morgan fingerprint density at radius 2 is 1.55 bits per heavy atom. The summed E-state index contributed by atoms with van der Waals surface area (Å²) in [5.41, 5.74) is 6.29. The smallest absolute Gasteiger partial charge is 0.266 e. The van der Waals surface area contributed by atoms with E-state index in [0.29, 0.717) is 16.7 Å². The number of hydrogen-bond donors (Lipinski definition) is 0. The van der Waals surface area contributed by atoms with E-state index in [0.717, 1.165) is 16.8 Å². The minimum Gasteiger partial charge on any atom is -0.268 e. The zero-order chi connectivity index (χ0) is 22.2. The number of aromatic nitrogens is 2. The highest BCUT2D eigenvalue weighted by atomic mass is 16.1. The van der Waals surface area contributed by atoms with Crippen molar-refractivity contribution in [2.24, 2.45) is 0 Å². The average Bonchev–Trinajstić information content (AvgIpc) is 2.74. The monoisotopic (exact) mass is 408 g/mol. The molecule has 0 aliphatic heterocycles. The van der Waals surface area contributed by atoms with Gasteiger partial charge in [0.15, 0.2) is 0 Å². The Balaban J connectivity index is 1.85. The first-order valence-corrected chi connectivity index (χ1v) is 10.6. The zero-order valence-electron chi connectivity index (χ0n) is 18.8. The van der Waals surface area contributed by atoms with Gasteiger partial charge in [0.05, 0.1) is 16.6 Å². The van der Waals surface area contributed by atoms with Gasteiger partial charge in [-0.3, -0.25) is 9.36 Å². The molecule has 0 spiro atoms. The predicted molar refractivity (Wildman–Crippen MR) is 131 cm³/mol. The van der Waals surface area contributed by atoms with Crippen LogP contribution in [-0.4, -0.2) is 9.55 Å². The molecule has 4 aromatic rings. The van der Waals surface area contributed by atoms with E-state index in [4.69, 9.17) is 4.98 Å². The molecule has 0 amide bonds. The van der Waals surface area contributed by atoms with Crippen molar-refractivity contribution in [2.45, 2.75) is 40.0 Å².